The standard InChI is InChI=1S/C12H20O3/c1-8-7-11(2,3)5-6-12(8)9(15-12)10(13)14-4/h8-9H,5-7H2,1-4H3. The van der Waals surface area contributed by atoms with Gasteiger partial charge in [0.1, 0.15) is 5.60 Å². The summed E-state index contributed by atoms with van der Waals surface area (Å²) in [6.07, 6.45) is 2.94. The minimum absolute atomic E-state index is 0.192. The van der Waals surface area contributed by atoms with Crippen molar-refractivity contribution in [3.8, 4) is 0 Å². The van der Waals surface area contributed by atoms with E-state index in [1.807, 2.05) is 0 Å². The van der Waals surface area contributed by atoms with Crippen LogP contribution in [0.1, 0.15) is 40.0 Å². The van der Waals surface area contributed by atoms with Gasteiger partial charge < -0.3 is 9.47 Å². The van der Waals surface area contributed by atoms with E-state index in [1.54, 1.807) is 0 Å². The third kappa shape index (κ3) is 1.67. The highest BCUT2D eigenvalue weighted by atomic mass is 16.7. The maximum Gasteiger partial charge on any atom is 0.338 e. The van der Waals surface area contributed by atoms with Gasteiger partial charge in [0.05, 0.1) is 7.11 Å². The van der Waals surface area contributed by atoms with Crippen molar-refractivity contribution < 1.29 is 14.3 Å². The molecule has 0 bridgehead atoms. The Morgan fingerprint density at radius 1 is 1.40 bits per heavy atom. The van der Waals surface area contributed by atoms with Gasteiger partial charge in [0.25, 0.3) is 0 Å². The van der Waals surface area contributed by atoms with Crippen LogP contribution in [0, 0.1) is 11.3 Å². The number of epoxide rings is 1. The van der Waals surface area contributed by atoms with Crippen LogP contribution in [0.2, 0.25) is 0 Å². The molecule has 1 spiro atoms. The average Bonchev–Trinajstić information content (AvgIpc) is 2.87. The number of ether oxygens (including phenoxy) is 2. The van der Waals surface area contributed by atoms with Gasteiger partial charge in [-0.3, -0.25) is 0 Å². The molecule has 0 radical (unpaired) electrons. The molecule has 0 aromatic carbocycles. The highest BCUT2D eigenvalue weighted by molar-refractivity contribution is 5.79. The minimum Gasteiger partial charge on any atom is -0.467 e. The lowest BCUT2D eigenvalue weighted by Crippen LogP contribution is -2.38. The lowest BCUT2D eigenvalue weighted by Gasteiger charge is -2.37. The number of rotatable bonds is 1. The zero-order valence-electron chi connectivity index (χ0n) is 10.0. The monoisotopic (exact) mass is 212 g/mol. The van der Waals surface area contributed by atoms with Crippen molar-refractivity contribution >= 4 is 5.97 Å². The Hall–Kier alpha value is -0.570. The molecule has 2 fully saturated rings. The van der Waals surface area contributed by atoms with Gasteiger partial charge in [-0.25, -0.2) is 4.79 Å². The molecule has 1 aliphatic carbocycles. The molecule has 0 aromatic heterocycles. The minimum atomic E-state index is -0.298. The summed E-state index contributed by atoms with van der Waals surface area (Å²) in [5, 5.41) is 0. The number of esters is 1. The number of methoxy groups -OCH3 is 1. The molecular weight excluding hydrogens is 192 g/mol. The van der Waals surface area contributed by atoms with Crippen LogP contribution in [0.3, 0.4) is 0 Å². The molecule has 3 heteroatoms. The molecule has 15 heavy (non-hydrogen) atoms. The molecule has 0 amide bonds. The van der Waals surface area contributed by atoms with E-state index in [1.165, 1.54) is 7.11 Å². The van der Waals surface area contributed by atoms with Crippen LogP contribution in [-0.4, -0.2) is 24.8 Å². The van der Waals surface area contributed by atoms with Crippen molar-refractivity contribution in [1.29, 1.82) is 0 Å². The van der Waals surface area contributed by atoms with Gasteiger partial charge >= 0.3 is 5.97 Å². The van der Waals surface area contributed by atoms with Gasteiger partial charge in [0.15, 0.2) is 6.10 Å². The average molecular weight is 212 g/mol. The number of hydrogen-bond acceptors (Lipinski definition) is 3. The molecule has 2 aliphatic rings. The molecule has 0 aromatic rings. The lowest BCUT2D eigenvalue weighted by molar-refractivity contribution is -0.142. The molecule has 1 saturated heterocycles. The fraction of sp³-hybridized carbons (Fsp3) is 0.917. The van der Waals surface area contributed by atoms with Crippen molar-refractivity contribution in [3.05, 3.63) is 0 Å². The van der Waals surface area contributed by atoms with Gasteiger partial charge in [0.2, 0.25) is 0 Å². The van der Waals surface area contributed by atoms with Crippen LogP contribution in [0.4, 0.5) is 0 Å². The molecule has 1 heterocycles. The smallest absolute Gasteiger partial charge is 0.338 e. The zero-order chi connectivity index (χ0) is 11.3. The van der Waals surface area contributed by atoms with E-state index in [4.69, 9.17) is 9.47 Å². The normalized spacial score (nSPS) is 42.7. The largest absolute Gasteiger partial charge is 0.467 e. The summed E-state index contributed by atoms with van der Waals surface area (Å²) in [5.41, 5.74) is 0.194. The van der Waals surface area contributed by atoms with Gasteiger partial charge in [-0.05, 0) is 30.6 Å². The highest BCUT2D eigenvalue weighted by Gasteiger charge is 2.66. The Morgan fingerprint density at radius 3 is 2.60 bits per heavy atom. The van der Waals surface area contributed by atoms with E-state index < -0.39 is 0 Å². The van der Waals surface area contributed by atoms with Crippen LogP contribution in [-0.2, 0) is 14.3 Å². The first-order valence-electron chi connectivity index (χ1n) is 5.67. The molecule has 1 saturated carbocycles. The number of carbonyl (C=O) groups excluding carboxylic acids is 1. The van der Waals surface area contributed by atoms with Crippen LogP contribution in [0.15, 0.2) is 0 Å². The fourth-order valence-corrected chi connectivity index (χ4v) is 2.99. The van der Waals surface area contributed by atoms with Crippen LogP contribution in [0.5, 0.6) is 0 Å². The Labute approximate surface area is 91.1 Å². The SMILES string of the molecule is COC(=O)C1OC12CCC(C)(C)CC2C. The zero-order valence-corrected chi connectivity index (χ0v) is 10.0. The maximum atomic E-state index is 11.4. The van der Waals surface area contributed by atoms with Crippen LogP contribution >= 0.6 is 0 Å². The van der Waals surface area contributed by atoms with E-state index in [9.17, 15) is 4.79 Å². The molecule has 1 aliphatic heterocycles. The van der Waals surface area contributed by atoms with Crippen molar-refractivity contribution in [2.24, 2.45) is 11.3 Å². The summed E-state index contributed by atoms with van der Waals surface area (Å²) in [6, 6.07) is 0. The van der Waals surface area contributed by atoms with E-state index in [2.05, 4.69) is 20.8 Å². The molecule has 86 valence electrons. The Balaban J connectivity index is 2.05. The summed E-state index contributed by atoms with van der Waals surface area (Å²) in [6.45, 7) is 6.75. The van der Waals surface area contributed by atoms with Gasteiger partial charge in [-0.1, -0.05) is 20.8 Å². The maximum absolute atomic E-state index is 11.4. The molecule has 0 N–H and O–H groups in total. The topological polar surface area (TPSA) is 38.8 Å². The lowest BCUT2D eigenvalue weighted by atomic mass is 9.66. The van der Waals surface area contributed by atoms with Crippen molar-refractivity contribution in [1.82, 2.24) is 0 Å². The fourth-order valence-electron chi connectivity index (χ4n) is 2.99. The first kappa shape index (κ1) is 10.9. The Kier molecular flexibility index (Phi) is 2.34. The molecular formula is C12H20O3. The van der Waals surface area contributed by atoms with E-state index in [0.717, 1.165) is 19.3 Å². The molecule has 2 rings (SSSR count). The Morgan fingerprint density at radius 2 is 2.07 bits per heavy atom. The van der Waals surface area contributed by atoms with Crippen molar-refractivity contribution in [3.63, 3.8) is 0 Å². The van der Waals surface area contributed by atoms with Crippen LogP contribution in [0.25, 0.3) is 0 Å². The molecule has 3 atom stereocenters. The van der Waals surface area contributed by atoms with E-state index in [-0.39, 0.29) is 17.7 Å². The number of hydrogen-bond donors (Lipinski definition) is 0. The predicted molar refractivity (Wildman–Crippen MR) is 56.4 cm³/mol. The molecule has 3 nitrogen and oxygen atoms in total. The second-order valence-corrected chi connectivity index (χ2v) is 5.75. The summed E-state index contributed by atoms with van der Waals surface area (Å²) < 4.78 is 10.4. The first-order chi connectivity index (χ1) is 6.91. The summed E-state index contributed by atoms with van der Waals surface area (Å²) in [7, 11) is 1.43. The number of carbonyl (C=O) groups is 1. The quantitative estimate of drug-likeness (QED) is 0.494. The van der Waals surface area contributed by atoms with E-state index in [0.29, 0.717) is 11.3 Å². The summed E-state index contributed by atoms with van der Waals surface area (Å²) >= 11 is 0. The third-order valence-corrected chi connectivity index (χ3v) is 4.02. The van der Waals surface area contributed by atoms with Gasteiger partial charge in [-0.15, -0.1) is 0 Å². The van der Waals surface area contributed by atoms with Crippen molar-refractivity contribution in [2.45, 2.75) is 51.7 Å². The van der Waals surface area contributed by atoms with Crippen LogP contribution < -0.4 is 0 Å². The molecule has 3 unspecified atom stereocenters. The van der Waals surface area contributed by atoms with E-state index >= 15 is 0 Å². The van der Waals surface area contributed by atoms with Gasteiger partial charge in [0, 0.05) is 0 Å². The Bertz CT molecular complexity index is 285. The second kappa shape index (κ2) is 3.21. The summed E-state index contributed by atoms with van der Waals surface area (Å²) in [4.78, 5) is 11.4. The van der Waals surface area contributed by atoms with Gasteiger partial charge in [-0.2, -0.15) is 0 Å². The first-order valence-corrected chi connectivity index (χ1v) is 5.67. The summed E-state index contributed by atoms with van der Waals surface area (Å²) in [5.74, 6) is 0.243. The predicted octanol–water partition coefficient (Wildman–Crippen LogP) is 2.14. The third-order valence-electron chi connectivity index (χ3n) is 4.02. The van der Waals surface area contributed by atoms with Crippen molar-refractivity contribution in [2.75, 3.05) is 7.11 Å². The highest BCUT2D eigenvalue weighted by Crippen LogP contribution is 2.56. The second-order valence-electron chi connectivity index (χ2n) is 5.75.